The molecule has 0 atom stereocenters. The molecule has 1 aliphatic heterocycles. The van der Waals surface area contributed by atoms with Crippen molar-refractivity contribution in [1.29, 1.82) is 0 Å². The first-order valence-electron chi connectivity index (χ1n) is 5.59. The van der Waals surface area contributed by atoms with Gasteiger partial charge in [-0.25, -0.2) is 4.79 Å². The molecule has 2 heterocycles. The van der Waals surface area contributed by atoms with Crippen molar-refractivity contribution in [3.05, 3.63) is 30.0 Å². The Morgan fingerprint density at radius 3 is 3.00 bits per heavy atom. The van der Waals surface area contributed by atoms with Crippen molar-refractivity contribution >= 4 is 34.4 Å². The summed E-state index contributed by atoms with van der Waals surface area (Å²) >= 11 is 1.77. The third-order valence-electron chi connectivity index (χ3n) is 3.07. The van der Waals surface area contributed by atoms with E-state index in [2.05, 4.69) is 4.74 Å². The number of methoxy groups -OCH3 is 1. The van der Waals surface area contributed by atoms with Crippen LogP contribution in [0.1, 0.15) is 10.4 Å². The molecular formula is C13H11NO3S. The number of hydrogen-bond donors (Lipinski definition) is 0. The van der Waals surface area contributed by atoms with Crippen molar-refractivity contribution in [3.63, 3.8) is 0 Å². The number of ketones is 1. The molecule has 0 saturated heterocycles. The summed E-state index contributed by atoms with van der Waals surface area (Å²) in [6.45, 7) is 0.854. The molecule has 0 radical (unpaired) electrons. The van der Waals surface area contributed by atoms with Crippen molar-refractivity contribution in [2.75, 3.05) is 12.9 Å². The van der Waals surface area contributed by atoms with Crippen LogP contribution in [0, 0.1) is 0 Å². The molecule has 4 nitrogen and oxygen atoms in total. The van der Waals surface area contributed by atoms with E-state index in [9.17, 15) is 9.59 Å². The van der Waals surface area contributed by atoms with Gasteiger partial charge in [0.15, 0.2) is 0 Å². The van der Waals surface area contributed by atoms with Crippen LogP contribution < -0.4 is 0 Å². The molecule has 1 aliphatic rings. The van der Waals surface area contributed by atoms with Crippen LogP contribution in [0.3, 0.4) is 0 Å². The number of Topliss-reactive ketones (excluding diaryl/α,β-unsaturated/α-hetero) is 1. The van der Waals surface area contributed by atoms with Crippen molar-refractivity contribution < 1.29 is 14.3 Å². The van der Waals surface area contributed by atoms with Crippen LogP contribution in [0.4, 0.5) is 0 Å². The summed E-state index contributed by atoms with van der Waals surface area (Å²) in [5.41, 5.74) is 1.47. The molecule has 3 rings (SSSR count). The summed E-state index contributed by atoms with van der Waals surface area (Å²) < 4.78 is 6.54. The summed E-state index contributed by atoms with van der Waals surface area (Å²) in [7, 11) is 1.22. The predicted octanol–water partition coefficient (Wildman–Crippen LogP) is 2.10. The number of hydrogen-bond acceptors (Lipinski definition) is 4. The maximum Gasteiger partial charge on any atom is 0.379 e. The number of aryl methyl sites for hydroxylation is 1. The van der Waals surface area contributed by atoms with Gasteiger partial charge in [0, 0.05) is 28.8 Å². The van der Waals surface area contributed by atoms with Crippen molar-refractivity contribution in [2.45, 2.75) is 11.4 Å². The van der Waals surface area contributed by atoms with E-state index in [1.807, 2.05) is 22.8 Å². The number of para-hydroxylation sites is 1. The van der Waals surface area contributed by atoms with E-state index in [1.54, 1.807) is 18.0 Å². The monoisotopic (exact) mass is 261 g/mol. The number of esters is 1. The first kappa shape index (κ1) is 11.3. The lowest BCUT2D eigenvalue weighted by molar-refractivity contribution is -0.135. The van der Waals surface area contributed by atoms with Gasteiger partial charge in [0.1, 0.15) is 0 Å². The number of rotatable bonds is 2. The minimum absolute atomic E-state index is 0.432. The summed E-state index contributed by atoms with van der Waals surface area (Å²) in [4.78, 5) is 24.5. The predicted molar refractivity (Wildman–Crippen MR) is 69.0 cm³/mol. The number of carbonyl (C=O) groups excluding carboxylic acids is 2. The second kappa shape index (κ2) is 4.17. The average molecular weight is 261 g/mol. The SMILES string of the molecule is COC(=O)C(=O)c1cn2c3c(cccc13)SCC2. The minimum Gasteiger partial charge on any atom is -0.463 e. The lowest BCUT2D eigenvalue weighted by atomic mass is 10.1. The number of nitrogens with zero attached hydrogens (tertiary/aromatic N) is 1. The van der Waals surface area contributed by atoms with E-state index < -0.39 is 11.8 Å². The van der Waals surface area contributed by atoms with Crippen LogP contribution >= 0.6 is 11.8 Å². The van der Waals surface area contributed by atoms with Gasteiger partial charge in [-0.3, -0.25) is 4.79 Å². The van der Waals surface area contributed by atoms with E-state index in [4.69, 9.17) is 0 Å². The van der Waals surface area contributed by atoms with Gasteiger partial charge in [-0.2, -0.15) is 0 Å². The topological polar surface area (TPSA) is 48.3 Å². The molecular weight excluding hydrogens is 250 g/mol. The molecule has 0 amide bonds. The Kier molecular flexibility index (Phi) is 2.63. The van der Waals surface area contributed by atoms with E-state index in [1.165, 1.54) is 7.11 Å². The van der Waals surface area contributed by atoms with Crippen molar-refractivity contribution in [3.8, 4) is 0 Å². The van der Waals surface area contributed by atoms with Gasteiger partial charge in [-0.1, -0.05) is 12.1 Å². The third-order valence-corrected chi connectivity index (χ3v) is 4.09. The average Bonchev–Trinajstić information content (AvgIpc) is 2.79. The van der Waals surface area contributed by atoms with E-state index in [0.717, 1.165) is 28.1 Å². The maximum absolute atomic E-state index is 12.0. The molecule has 92 valence electrons. The fraction of sp³-hybridized carbons (Fsp3) is 0.231. The van der Waals surface area contributed by atoms with Crippen LogP contribution in [0.2, 0.25) is 0 Å². The van der Waals surface area contributed by atoms with Gasteiger partial charge in [-0.05, 0) is 6.07 Å². The first-order valence-corrected chi connectivity index (χ1v) is 6.58. The Hall–Kier alpha value is -1.75. The molecule has 0 unspecified atom stereocenters. The molecule has 0 saturated carbocycles. The summed E-state index contributed by atoms with van der Waals surface area (Å²) in [6, 6.07) is 5.82. The molecule has 0 N–H and O–H groups in total. The molecule has 0 bridgehead atoms. The number of aromatic nitrogens is 1. The van der Waals surface area contributed by atoms with Gasteiger partial charge in [0.25, 0.3) is 5.78 Å². The Balaban J connectivity index is 2.24. The number of ether oxygens (including phenoxy) is 1. The zero-order valence-electron chi connectivity index (χ0n) is 9.80. The zero-order chi connectivity index (χ0) is 12.7. The zero-order valence-corrected chi connectivity index (χ0v) is 10.6. The highest BCUT2D eigenvalue weighted by Gasteiger charge is 2.24. The number of carbonyl (C=O) groups is 2. The van der Waals surface area contributed by atoms with E-state index in [0.29, 0.717) is 5.56 Å². The standard InChI is InChI=1S/C13H11NO3S/c1-17-13(16)12(15)9-7-14-5-6-18-10-4-2-3-8(9)11(10)14/h2-4,7H,5-6H2,1H3. The Bertz CT molecular complexity index is 660. The Labute approximate surface area is 108 Å². The first-order chi connectivity index (χ1) is 8.72. The van der Waals surface area contributed by atoms with Crippen LogP contribution in [0.15, 0.2) is 29.3 Å². The lowest BCUT2D eigenvalue weighted by Gasteiger charge is -2.14. The summed E-state index contributed by atoms with van der Waals surface area (Å²) in [5.74, 6) is -0.413. The van der Waals surface area contributed by atoms with Crippen LogP contribution in [-0.4, -0.2) is 29.2 Å². The van der Waals surface area contributed by atoms with Crippen LogP contribution in [0.5, 0.6) is 0 Å². The molecule has 18 heavy (non-hydrogen) atoms. The van der Waals surface area contributed by atoms with Gasteiger partial charge < -0.3 is 9.30 Å². The Morgan fingerprint density at radius 1 is 1.39 bits per heavy atom. The van der Waals surface area contributed by atoms with Gasteiger partial charge in [0.05, 0.1) is 18.2 Å². The largest absolute Gasteiger partial charge is 0.463 e. The Morgan fingerprint density at radius 2 is 2.22 bits per heavy atom. The molecule has 5 heteroatoms. The smallest absolute Gasteiger partial charge is 0.379 e. The summed E-state index contributed by atoms with van der Waals surface area (Å²) in [5, 5.41) is 0.829. The molecule has 2 aromatic rings. The minimum atomic E-state index is -0.814. The van der Waals surface area contributed by atoms with Crippen molar-refractivity contribution in [1.82, 2.24) is 4.57 Å². The highest BCUT2D eigenvalue weighted by molar-refractivity contribution is 7.99. The lowest BCUT2D eigenvalue weighted by Crippen LogP contribution is -2.15. The van der Waals surface area contributed by atoms with Crippen LogP contribution in [-0.2, 0) is 16.1 Å². The quantitative estimate of drug-likeness (QED) is 0.472. The fourth-order valence-electron chi connectivity index (χ4n) is 2.26. The normalized spacial score (nSPS) is 13.6. The number of thioether (sulfide) groups is 1. The molecule has 1 aromatic heterocycles. The highest BCUT2D eigenvalue weighted by atomic mass is 32.2. The highest BCUT2D eigenvalue weighted by Crippen LogP contribution is 2.35. The van der Waals surface area contributed by atoms with E-state index >= 15 is 0 Å². The fourth-order valence-corrected chi connectivity index (χ4v) is 3.30. The molecule has 0 spiro atoms. The van der Waals surface area contributed by atoms with Crippen LogP contribution in [0.25, 0.3) is 10.9 Å². The molecule has 0 fully saturated rings. The second-order valence-electron chi connectivity index (χ2n) is 4.06. The molecule has 0 aliphatic carbocycles. The third kappa shape index (κ3) is 1.54. The van der Waals surface area contributed by atoms with Gasteiger partial charge >= 0.3 is 5.97 Å². The number of benzene rings is 1. The second-order valence-corrected chi connectivity index (χ2v) is 5.19. The molecule has 1 aromatic carbocycles. The van der Waals surface area contributed by atoms with Crippen molar-refractivity contribution in [2.24, 2.45) is 0 Å². The van der Waals surface area contributed by atoms with Gasteiger partial charge in [-0.15, -0.1) is 11.8 Å². The van der Waals surface area contributed by atoms with Gasteiger partial charge in [0.2, 0.25) is 0 Å². The van der Waals surface area contributed by atoms with E-state index in [-0.39, 0.29) is 0 Å². The maximum atomic E-state index is 12.0. The summed E-state index contributed by atoms with van der Waals surface area (Å²) in [6.07, 6.45) is 1.76.